The van der Waals surface area contributed by atoms with Crippen molar-refractivity contribution in [2.45, 2.75) is 32.7 Å². The zero-order valence-corrected chi connectivity index (χ0v) is 11.0. The Hall–Kier alpha value is -0.670. The third-order valence-electron chi connectivity index (χ3n) is 4.04. The lowest BCUT2D eigenvalue weighted by molar-refractivity contribution is 0.295. The summed E-state index contributed by atoms with van der Waals surface area (Å²) >= 11 is 5.96. The van der Waals surface area contributed by atoms with E-state index in [2.05, 4.69) is 14.9 Å². The summed E-state index contributed by atoms with van der Waals surface area (Å²) in [6.45, 7) is 5.27. The van der Waals surface area contributed by atoms with Crippen molar-refractivity contribution < 1.29 is 0 Å². The number of hydrogen-bond acceptors (Lipinski definition) is 3. The van der Waals surface area contributed by atoms with Crippen LogP contribution < -0.4 is 0 Å². The minimum atomic E-state index is 0.562. The summed E-state index contributed by atoms with van der Waals surface area (Å²) in [5.41, 5.74) is 0.958. The van der Waals surface area contributed by atoms with Gasteiger partial charge in [-0.05, 0) is 37.7 Å². The van der Waals surface area contributed by atoms with Gasteiger partial charge in [0.1, 0.15) is 11.0 Å². The summed E-state index contributed by atoms with van der Waals surface area (Å²) in [6, 6.07) is 1.81. The second-order valence-electron chi connectivity index (χ2n) is 5.39. The van der Waals surface area contributed by atoms with Crippen LogP contribution in [0.4, 0.5) is 0 Å². The van der Waals surface area contributed by atoms with Crippen molar-refractivity contribution in [3.63, 3.8) is 0 Å². The fourth-order valence-electron chi connectivity index (χ4n) is 3.32. The summed E-state index contributed by atoms with van der Waals surface area (Å²) in [4.78, 5) is 11.2. The number of aromatic nitrogens is 2. The van der Waals surface area contributed by atoms with E-state index < -0.39 is 0 Å². The Balaban J connectivity index is 1.67. The molecule has 0 spiro atoms. The van der Waals surface area contributed by atoms with Crippen LogP contribution >= 0.6 is 11.6 Å². The molecule has 3 rings (SSSR count). The molecule has 1 aliphatic heterocycles. The van der Waals surface area contributed by atoms with Gasteiger partial charge in [-0.3, -0.25) is 4.90 Å². The minimum absolute atomic E-state index is 0.562. The lowest BCUT2D eigenvalue weighted by Crippen LogP contribution is -2.22. The molecule has 2 fully saturated rings. The van der Waals surface area contributed by atoms with E-state index in [-0.39, 0.29) is 0 Å². The number of halogens is 1. The van der Waals surface area contributed by atoms with Crippen molar-refractivity contribution in [3.8, 4) is 0 Å². The van der Waals surface area contributed by atoms with Crippen LogP contribution in [0, 0.1) is 18.8 Å². The van der Waals surface area contributed by atoms with Crippen molar-refractivity contribution >= 4 is 11.6 Å². The zero-order chi connectivity index (χ0) is 11.8. The third-order valence-corrected chi connectivity index (χ3v) is 4.23. The molecule has 0 bridgehead atoms. The van der Waals surface area contributed by atoms with Gasteiger partial charge < -0.3 is 0 Å². The highest BCUT2D eigenvalue weighted by Gasteiger charge is 2.36. The first-order valence-electron chi connectivity index (χ1n) is 6.43. The molecule has 4 heteroatoms. The maximum atomic E-state index is 5.96. The second kappa shape index (κ2) is 4.54. The zero-order valence-electron chi connectivity index (χ0n) is 10.2. The molecule has 0 amide bonds. The molecule has 0 N–H and O–H groups in total. The number of hydrogen-bond donors (Lipinski definition) is 0. The maximum Gasteiger partial charge on any atom is 0.144 e. The first-order valence-corrected chi connectivity index (χ1v) is 6.81. The van der Waals surface area contributed by atoms with Gasteiger partial charge in [0.2, 0.25) is 0 Å². The molecule has 2 heterocycles. The first kappa shape index (κ1) is 11.4. The van der Waals surface area contributed by atoms with E-state index in [1.165, 1.54) is 32.4 Å². The summed E-state index contributed by atoms with van der Waals surface area (Å²) in [5.74, 6) is 2.72. The van der Waals surface area contributed by atoms with Gasteiger partial charge in [-0.25, -0.2) is 9.97 Å². The van der Waals surface area contributed by atoms with E-state index >= 15 is 0 Å². The highest BCUT2D eigenvalue weighted by atomic mass is 35.5. The van der Waals surface area contributed by atoms with Gasteiger partial charge in [-0.1, -0.05) is 18.0 Å². The van der Waals surface area contributed by atoms with Gasteiger partial charge in [0.15, 0.2) is 0 Å². The predicted molar refractivity (Wildman–Crippen MR) is 67.9 cm³/mol. The predicted octanol–water partition coefficient (Wildman–Crippen LogP) is 2.67. The molecule has 3 nitrogen and oxygen atoms in total. The topological polar surface area (TPSA) is 29.0 Å². The Morgan fingerprint density at radius 1 is 1.29 bits per heavy atom. The standard InChI is InChI=1S/C13H18ClN3/c1-9-5-12(14)16-13(15-9)8-17-6-10-3-2-4-11(10)7-17/h5,10-11H,2-4,6-8H2,1H3. The molecule has 1 saturated heterocycles. The number of rotatable bonds is 2. The van der Waals surface area contributed by atoms with Crippen LogP contribution in [0.15, 0.2) is 6.07 Å². The van der Waals surface area contributed by atoms with E-state index in [0.29, 0.717) is 5.15 Å². The Morgan fingerprint density at radius 2 is 2.00 bits per heavy atom. The monoisotopic (exact) mass is 251 g/mol. The SMILES string of the molecule is Cc1cc(Cl)nc(CN2CC3CCCC3C2)n1. The lowest BCUT2D eigenvalue weighted by Gasteiger charge is -2.15. The number of likely N-dealkylation sites (tertiary alicyclic amines) is 1. The fraction of sp³-hybridized carbons (Fsp3) is 0.692. The van der Waals surface area contributed by atoms with Gasteiger partial charge in [-0.15, -0.1) is 0 Å². The molecule has 2 atom stereocenters. The number of nitrogens with zero attached hydrogens (tertiary/aromatic N) is 3. The maximum absolute atomic E-state index is 5.96. The average Bonchev–Trinajstić information content (AvgIpc) is 2.75. The summed E-state index contributed by atoms with van der Waals surface area (Å²) in [6.07, 6.45) is 4.25. The Labute approximate surface area is 107 Å². The largest absolute Gasteiger partial charge is 0.295 e. The van der Waals surface area contributed by atoms with E-state index in [9.17, 15) is 0 Å². The van der Waals surface area contributed by atoms with Gasteiger partial charge in [0.25, 0.3) is 0 Å². The third kappa shape index (κ3) is 2.45. The van der Waals surface area contributed by atoms with Crippen molar-refractivity contribution in [3.05, 3.63) is 22.7 Å². The normalized spacial score (nSPS) is 28.6. The van der Waals surface area contributed by atoms with Crippen molar-refractivity contribution in [2.24, 2.45) is 11.8 Å². The van der Waals surface area contributed by atoms with Gasteiger partial charge >= 0.3 is 0 Å². The molecule has 1 saturated carbocycles. The van der Waals surface area contributed by atoms with Crippen molar-refractivity contribution in [1.29, 1.82) is 0 Å². The molecule has 1 aromatic heterocycles. The quantitative estimate of drug-likeness (QED) is 0.757. The molecule has 2 aliphatic rings. The minimum Gasteiger partial charge on any atom is -0.295 e. The Kier molecular flexibility index (Phi) is 3.05. The lowest BCUT2D eigenvalue weighted by atomic mass is 10.0. The van der Waals surface area contributed by atoms with Crippen LogP contribution in [0.3, 0.4) is 0 Å². The molecule has 92 valence electrons. The summed E-state index contributed by atoms with van der Waals surface area (Å²) in [5, 5.41) is 0.562. The number of aryl methyl sites for hydroxylation is 1. The highest BCUT2D eigenvalue weighted by molar-refractivity contribution is 6.29. The van der Waals surface area contributed by atoms with Crippen LogP contribution in [-0.4, -0.2) is 28.0 Å². The summed E-state index contributed by atoms with van der Waals surface area (Å²) < 4.78 is 0. The molecular weight excluding hydrogens is 234 g/mol. The van der Waals surface area contributed by atoms with Gasteiger partial charge in [0.05, 0.1) is 6.54 Å². The average molecular weight is 252 g/mol. The van der Waals surface area contributed by atoms with Crippen LogP contribution in [-0.2, 0) is 6.54 Å². The van der Waals surface area contributed by atoms with E-state index in [1.807, 2.05) is 13.0 Å². The van der Waals surface area contributed by atoms with E-state index in [1.54, 1.807) is 0 Å². The molecule has 1 aromatic rings. The highest BCUT2D eigenvalue weighted by Crippen LogP contribution is 2.37. The molecule has 0 radical (unpaired) electrons. The summed E-state index contributed by atoms with van der Waals surface area (Å²) in [7, 11) is 0. The molecule has 2 unspecified atom stereocenters. The first-order chi connectivity index (χ1) is 8.20. The van der Waals surface area contributed by atoms with Gasteiger partial charge in [-0.2, -0.15) is 0 Å². The van der Waals surface area contributed by atoms with Crippen LogP contribution in [0.25, 0.3) is 0 Å². The molecule has 0 aromatic carbocycles. The van der Waals surface area contributed by atoms with Crippen LogP contribution in [0.1, 0.15) is 30.8 Å². The van der Waals surface area contributed by atoms with Crippen molar-refractivity contribution in [1.82, 2.24) is 14.9 Å². The van der Waals surface area contributed by atoms with E-state index in [4.69, 9.17) is 11.6 Å². The van der Waals surface area contributed by atoms with Crippen LogP contribution in [0.2, 0.25) is 5.15 Å². The second-order valence-corrected chi connectivity index (χ2v) is 5.78. The number of fused-ring (bicyclic) bond motifs is 1. The fourth-order valence-corrected chi connectivity index (χ4v) is 3.58. The molecule has 1 aliphatic carbocycles. The van der Waals surface area contributed by atoms with E-state index in [0.717, 1.165) is 29.9 Å². The van der Waals surface area contributed by atoms with Crippen molar-refractivity contribution in [2.75, 3.05) is 13.1 Å². The Bertz CT molecular complexity index is 389. The van der Waals surface area contributed by atoms with Gasteiger partial charge in [0, 0.05) is 18.8 Å². The molecule has 17 heavy (non-hydrogen) atoms. The Morgan fingerprint density at radius 3 is 2.65 bits per heavy atom. The smallest absolute Gasteiger partial charge is 0.144 e. The molecular formula is C13H18ClN3. The van der Waals surface area contributed by atoms with Crippen LogP contribution in [0.5, 0.6) is 0 Å².